The van der Waals surface area contributed by atoms with Crippen molar-refractivity contribution in [2.75, 3.05) is 0 Å². The molecule has 0 unspecified atom stereocenters. The van der Waals surface area contributed by atoms with E-state index >= 15 is 0 Å². The average molecular weight is 142 g/mol. The number of benzene rings is 1. The molecule has 0 spiro atoms. The van der Waals surface area contributed by atoms with Gasteiger partial charge in [-0.25, -0.2) is 4.39 Å². The molecule has 0 aromatic heterocycles. The predicted octanol–water partition coefficient (Wildman–Crippen LogP) is 0.738. The van der Waals surface area contributed by atoms with E-state index in [-0.39, 0.29) is 5.82 Å². The van der Waals surface area contributed by atoms with E-state index in [1.807, 2.05) is 0 Å². The maximum Gasteiger partial charge on any atom is 0.143 e. The van der Waals surface area contributed by atoms with Crippen LogP contribution in [0.5, 0.6) is 0 Å². The number of rotatable bonds is 0. The molecule has 0 aliphatic rings. The topological polar surface area (TPSA) is 0 Å². The minimum Gasteiger partial charge on any atom is -0.208 e. The molecule has 0 saturated heterocycles. The van der Waals surface area contributed by atoms with Gasteiger partial charge in [-0.1, -0.05) is 23.1 Å². The number of hydrogen-bond acceptors (Lipinski definition) is 0. The van der Waals surface area contributed by atoms with E-state index in [0.29, 0.717) is 10.5 Å². The van der Waals surface area contributed by atoms with Crippen LogP contribution in [-0.4, -0.2) is 7.85 Å². The fraction of sp³-hybridized carbons (Fsp3) is 0. The summed E-state index contributed by atoms with van der Waals surface area (Å²) < 4.78 is 12.5. The summed E-state index contributed by atoms with van der Waals surface area (Å²) in [5.74, 6) is -0.248. The first kappa shape index (κ1) is 6.62. The minimum absolute atomic E-state index is 0.248. The molecule has 1 aromatic rings. The highest BCUT2D eigenvalue weighted by atomic mass is 35.5. The highest BCUT2D eigenvalue weighted by molar-refractivity contribution is 6.34. The fourth-order valence-corrected chi connectivity index (χ4v) is 0.726. The third-order valence-electron chi connectivity index (χ3n) is 1.13. The molecule has 0 nitrogen and oxygen atoms in total. The Labute approximate surface area is 59.1 Å². The van der Waals surface area contributed by atoms with E-state index in [0.717, 1.165) is 0 Å². The first-order chi connectivity index (χ1) is 4.20. The van der Waals surface area contributed by atoms with E-state index in [2.05, 4.69) is 0 Å². The molecular formula is C6H5BClF. The Bertz CT molecular complexity index is 224. The predicted molar refractivity (Wildman–Crippen MR) is 39.6 cm³/mol. The van der Waals surface area contributed by atoms with Crippen molar-refractivity contribution in [2.45, 2.75) is 0 Å². The van der Waals surface area contributed by atoms with Crippen molar-refractivity contribution in [3.05, 3.63) is 29.0 Å². The molecule has 0 fully saturated rings. The zero-order valence-electron chi connectivity index (χ0n) is 4.99. The quantitative estimate of drug-likeness (QED) is 0.469. The Hall–Kier alpha value is -0.495. The summed E-state index contributed by atoms with van der Waals surface area (Å²) in [6.45, 7) is 0. The first-order valence-corrected chi connectivity index (χ1v) is 2.99. The van der Waals surface area contributed by atoms with Crippen molar-refractivity contribution in [3.63, 3.8) is 0 Å². The molecule has 46 valence electrons. The average Bonchev–Trinajstić information content (AvgIpc) is 1.80. The van der Waals surface area contributed by atoms with Gasteiger partial charge in [0.1, 0.15) is 13.7 Å². The second kappa shape index (κ2) is 2.40. The molecule has 0 radical (unpaired) electrons. The lowest BCUT2D eigenvalue weighted by atomic mass is 9.96. The maximum absolute atomic E-state index is 12.5. The Morgan fingerprint density at radius 2 is 2.11 bits per heavy atom. The molecule has 0 atom stereocenters. The Morgan fingerprint density at radius 3 is 2.56 bits per heavy atom. The van der Waals surface area contributed by atoms with Gasteiger partial charge in [0.25, 0.3) is 0 Å². The molecular weight excluding hydrogens is 137 g/mol. The molecule has 0 amide bonds. The van der Waals surface area contributed by atoms with Crippen molar-refractivity contribution >= 4 is 24.9 Å². The third-order valence-corrected chi connectivity index (χ3v) is 1.37. The van der Waals surface area contributed by atoms with Gasteiger partial charge in [0.15, 0.2) is 0 Å². The van der Waals surface area contributed by atoms with Gasteiger partial charge in [0.2, 0.25) is 0 Å². The summed E-state index contributed by atoms with van der Waals surface area (Å²) in [7, 11) is 1.70. The molecule has 0 aliphatic heterocycles. The zero-order valence-corrected chi connectivity index (χ0v) is 5.74. The van der Waals surface area contributed by atoms with E-state index in [4.69, 9.17) is 11.6 Å². The number of hydrogen-bond donors (Lipinski definition) is 0. The van der Waals surface area contributed by atoms with Crippen molar-refractivity contribution in [1.29, 1.82) is 0 Å². The van der Waals surface area contributed by atoms with Gasteiger partial charge < -0.3 is 0 Å². The van der Waals surface area contributed by atoms with Gasteiger partial charge in [-0.15, -0.1) is 0 Å². The van der Waals surface area contributed by atoms with Gasteiger partial charge in [-0.2, -0.15) is 0 Å². The van der Waals surface area contributed by atoms with Crippen LogP contribution in [0.25, 0.3) is 0 Å². The summed E-state index contributed by atoms with van der Waals surface area (Å²) >= 11 is 5.48. The van der Waals surface area contributed by atoms with Crippen molar-refractivity contribution < 1.29 is 4.39 Å². The Balaban J connectivity index is 3.17. The summed E-state index contributed by atoms with van der Waals surface area (Å²) in [5, 5.41) is 0.443. The molecule has 3 heteroatoms. The lowest BCUT2D eigenvalue weighted by Gasteiger charge is -1.93. The van der Waals surface area contributed by atoms with Crippen LogP contribution < -0.4 is 5.46 Å². The highest BCUT2D eigenvalue weighted by Gasteiger charge is 1.94. The lowest BCUT2D eigenvalue weighted by molar-refractivity contribution is 0.636. The standard InChI is InChI=1S/C6H5BClF/c7-5-2-1-4(8)3-6(5)9/h1-3H,7H2. The Kier molecular flexibility index (Phi) is 1.77. The molecule has 0 aliphatic carbocycles. The van der Waals surface area contributed by atoms with Crippen LogP contribution in [0.1, 0.15) is 0 Å². The highest BCUT2D eigenvalue weighted by Crippen LogP contribution is 2.06. The van der Waals surface area contributed by atoms with E-state index in [9.17, 15) is 4.39 Å². The second-order valence-corrected chi connectivity index (χ2v) is 2.33. The summed E-state index contributed by atoms with van der Waals surface area (Å²) in [6, 6.07) is 4.62. The molecule has 0 saturated carbocycles. The van der Waals surface area contributed by atoms with Crippen molar-refractivity contribution in [1.82, 2.24) is 0 Å². The van der Waals surface area contributed by atoms with Crippen LogP contribution in [-0.2, 0) is 0 Å². The van der Waals surface area contributed by atoms with Crippen LogP contribution in [0.4, 0.5) is 4.39 Å². The summed E-state index contributed by atoms with van der Waals surface area (Å²) in [4.78, 5) is 0. The normalized spacial score (nSPS) is 9.56. The SMILES string of the molecule is Bc1ccc(Cl)cc1F. The molecule has 9 heavy (non-hydrogen) atoms. The summed E-state index contributed by atoms with van der Waals surface area (Å²) in [5.41, 5.74) is 0.624. The van der Waals surface area contributed by atoms with Crippen LogP contribution in [0.15, 0.2) is 18.2 Å². The molecule has 1 rings (SSSR count). The van der Waals surface area contributed by atoms with Gasteiger partial charge in [-0.3, -0.25) is 0 Å². The third kappa shape index (κ3) is 1.45. The molecule has 1 aromatic carbocycles. The van der Waals surface area contributed by atoms with E-state index in [1.54, 1.807) is 20.0 Å². The summed E-state index contributed by atoms with van der Waals surface area (Å²) in [6.07, 6.45) is 0. The van der Waals surface area contributed by atoms with Gasteiger partial charge in [0, 0.05) is 5.02 Å². The maximum atomic E-state index is 12.5. The smallest absolute Gasteiger partial charge is 0.143 e. The van der Waals surface area contributed by atoms with E-state index < -0.39 is 0 Å². The van der Waals surface area contributed by atoms with Crippen molar-refractivity contribution in [2.24, 2.45) is 0 Å². The van der Waals surface area contributed by atoms with Crippen LogP contribution in [0, 0.1) is 5.82 Å². The monoisotopic (exact) mass is 142 g/mol. The molecule has 0 bridgehead atoms. The van der Waals surface area contributed by atoms with Gasteiger partial charge in [0.05, 0.1) is 0 Å². The van der Waals surface area contributed by atoms with Crippen LogP contribution in [0.3, 0.4) is 0 Å². The largest absolute Gasteiger partial charge is 0.208 e. The lowest BCUT2D eigenvalue weighted by Crippen LogP contribution is -2.06. The molecule has 0 heterocycles. The second-order valence-electron chi connectivity index (χ2n) is 1.89. The zero-order chi connectivity index (χ0) is 6.85. The minimum atomic E-state index is -0.248. The molecule has 0 N–H and O–H groups in total. The Morgan fingerprint density at radius 1 is 1.44 bits per heavy atom. The van der Waals surface area contributed by atoms with E-state index in [1.165, 1.54) is 6.07 Å². The first-order valence-electron chi connectivity index (χ1n) is 2.62. The van der Waals surface area contributed by atoms with Crippen LogP contribution >= 0.6 is 11.6 Å². The van der Waals surface area contributed by atoms with Gasteiger partial charge >= 0.3 is 0 Å². The van der Waals surface area contributed by atoms with Crippen LogP contribution in [0.2, 0.25) is 5.02 Å². The number of halogens is 2. The van der Waals surface area contributed by atoms with Gasteiger partial charge in [-0.05, 0) is 12.1 Å². The fourth-order valence-electron chi connectivity index (χ4n) is 0.567. The van der Waals surface area contributed by atoms with Crippen molar-refractivity contribution in [3.8, 4) is 0 Å².